The number of imidazole rings is 1. The molecule has 0 saturated carbocycles. The number of ether oxygens (including phenoxy) is 1. The maximum atomic E-state index is 14.7. The monoisotopic (exact) mass is 499 g/mol. The second kappa shape index (κ2) is 9.50. The Morgan fingerprint density at radius 1 is 1.14 bits per heavy atom. The van der Waals surface area contributed by atoms with Crippen molar-refractivity contribution >= 4 is 17.6 Å². The lowest BCUT2D eigenvalue weighted by atomic mass is 9.97. The highest BCUT2D eigenvalue weighted by Gasteiger charge is 2.38. The van der Waals surface area contributed by atoms with Gasteiger partial charge in [-0.3, -0.25) is 0 Å². The SMILES string of the molecule is C=C(F)/C(=C\c1c(C)nc2n1[C@@H](c1ccccc1C(F)(F)F)CC2)c1cnc(N2CCOCC2)nc1. The highest BCUT2D eigenvalue weighted by atomic mass is 19.4. The number of anilines is 1. The van der Waals surface area contributed by atoms with Crippen molar-refractivity contribution in [2.24, 2.45) is 0 Å². The van der Waals surface area contributed by atoms with E-state index in [0.29, 0.717) is 67.9 Å². The molecule has 10 heteroatoms. The molecule has 2 aliphatic rings. The zero-order chi connectivity index (χ0) is 25.4. The summed E-state index contributed by atoms with van der Waals surface area (Å²) in [5.74, 6) is 0.498. The maximum Gasteiger partial charge on any atom is 0.416 e. The summed E-state index contributed by atoms with van der Waals surface area (Å²) < 4.78 is 63.1. The Morgan fingerprint density at radius 2 is 1.83 bits per heavy atom. The van der Waals surface area contributed by atoms with E-state index in [0.717, 1.165) is 6.07 Å². The van der Waals surface area contributed by atoms with Gasteiger partial charge in [-0.15, -0.1) is 0 Å². The zero-order valence-corrected chi connectivity index (χ0v) is 19.7. The van der Waals surface area contributed by atoms with E-state index in [4.69, 9.17) is 4.74 Å². The highest BCUT2D eigenvalue weighted by Crippen LogP contribution is 2.42. The molecule has 1 saturated heterocycles. The molecule has 1 fully saturated rings. The number of benzene rings is 1. The number of alkyl halides is 3. The summed E-state index contributed by atoms with van der Waals surface area (Å²) in [6, 6.07) is 5.00. The quantitative estimate of drug-likeness (QED) is 0.348. The molecule has 5 rings (SSSR count). The number of halogens is 4. The Labute approximate surface area is 206 Å². The van der Waals surface area contributed by atoms with Crippen LogP contribution in [-0.2, 0) is 17.3 Å². The maximum absolute atomic E-state index is 14.7. The minimum absolute atomic E-state index is 0.157. The first-order valence-electron chi connectivity index (χ1n) is 11.7. The third kappa shape index (κ3) is 4.53. The number of morpholine rings is 1. The Kier molecular flexibility index (Phi) is 6.38. The smallest absolute Gasteiger partial charge is 0.378 e. The van der Waals surface area contributed by atoms with Gasteiger partial charge in [-0.1, -0.05) is 24.8 Å². The van der Waals surface area contributed by atoms with Crippen LogP contribution in [0.25, 0.3) is 11.6 Å². The van der Waals surface area contributed by atoms with Gasteiger partial charge >= 0.3 is 6.18 Å². The molecule has 0 aliphatic carbocycles. The summed E-state index contributed by atoms with van der Waals surface area (Å²) in [6.45, 7) is 7.74. The van der Waals surface area contributed by atoms with Gasteiger partial charge in [0.1, 0.15) is 11.7 Å². The van der Waals surface area contributed by atoms with Gasteiger partial charge in [0.15, 0.2) is 0 Å². The summed E-state index contributed by atoms with van der Waals surface area (Å²) in [6.07, 6.45) is 1.15. The number of aryl methyl sites for hydroxylation is 2. The Morgan fingerprint density at radius 3 is 2.50 bits per heavy atom. The van der Waals surface area contributed by atoms with Crippen molar-refractivity contribution in [3.63, 3.8) is 0 Å². The molecular formula is C26H25F4N5O. The van der Waals surface area contributed by atoms with E-state index >= 15 is 0 Å². The van der Waals surface area contributed by atoms with E-state index in [9.17, 15) is 17.6 Å². The predicted molar refractivity (Wildman–Crippen MR) is 128 cm³/mol. The molecule has 0 amide bonds. The molecule has 0 radical (unpaired) electrons. The number of allylic oxidation sites excluding steroid dienone is 2. The van der Waals surface area contributed by atoms with Crippen LogP contribution in [-0.4, -0.2) is 45.8 Å². The van der Waals surface area contributed by atoms with Crippen molar-refractivity contribution in [1.82, 2.24) is 19.5 Å². The summed E-state index contributed by atoms with van der Waals surface area (Å²) in [7, 11) is 0. The second-order valence-electron chi connectivity index (χ2n) is 8.84. The van der Waals surface area contributed by atoms with Gasteiger partial charge in [-0.2, -0.15) is 13.2 Å². The van der Waals surface area contributed by atoms with Gasteiger partial charge in [0, 0.05) is 43.0 Å². The van der Waals surface area contributed by atoms with E-state index < -0.39 is 23.6 Å². The molecule has 0 N–H and O–H groups in total. The first kappa shape index (κ1) is 24.2. The summed E-state index contributed by atoms with van der Waals surface area (Å²) in [4.78, 5) is 15.3. The van der Waals surface area contributed by atoms with Crippen LogP contribution in [0.3, 0.4) is 0 Å². The minimum atomic E-state index is -4.48. The standard InChI is InChI=1S/C26H25F4N5O/c1-16(27)20(18-14-31-25(32-15-18)34-9-11-36-12-10-34)13-23-17(2)33-24-8-7-22(35(23)24)19-5-3-4-6-21(19)26(28,29)30/h3-6,13-15,22H,1,7-12H2,2H3/b20-13+/t22-/m1/s1. The van der Waals surface area contributed by atoms with Crippen LogP contribution in [0, 0.1) is 6.92 Å². The molecule has 4 heterocycles. The molecule has 6 nitrogen and oxygen atoms in total. The number of nitrogens with zero attached hydrogens (tertiary/aromatic N) is 5. The van der Waals surface area contributed by atoms with E-state index in [-0.39, 0.29) is 11.1 Å². The van der Waals surface area contributed by atoms with Crippen molar-refractivity contribution in [3.05, 3.63) is 83.0 Å². The fourth-order valence-corrected chi connectivity index (χ4v) is 4.89. The number of fused-ring (bicyclic) bond motifs is 1. The van der Waals surface area contributed by atoms with Crippen LogP contribution in [0.2, 0.25) is 0 Å². The van der Waals surface area contributed by atoms with Crippen LogP contribution in [0.1, 0.15) is 46.4 Å². The topological polar surface area (TPSA) is 56.1 Å². The Hall–Kier alpha value is -3.53. The second-order valence-corrected chi connectivity index (χ2v) is 8.84. The lowest BCUT2D eigenvalue weighted by Gasteiger charge is -2.26. The molecule has 36 heavy (non-hydrogen) atoms. The molecular weight excluding hydrogens is 474 g/mol. The number of rotatable bonds is 5. The fourth-order valence-electron chi connectivity index (χ4n) is 4.89. The van der Waals surface area contributed by atoms with Crippen molar-refractivity contribution in [2.45, 2.75) is 32.0 Å². The van der Waals surface area contributed by atoms with E-state index in [2.05, 4.69) is 21.5 Å². The number of hydrogen-bond donors (Lipinski definition) is 0. The van der Waals surface area contributed by atoms with Crippen LogP contribution in [0.4, 0.5) is 23.5 Å². The van der Waals surface area contributed by atoms with Crippen molar-refractivity contribution in [2.75, 3.05) is 31.2 Å². The van der Waals surface area contributed by atoms with E-state index in [1.807, 2.05) is 4.90 Å². The van der Waals surface area contributed by atoms with Gasteiger partial charge in [0.25, 0.3) is 0 Å². The van der Waals surface area contributed by atoms with Gasteiger partial charge in [0.05, 0.1) is 36.2 Å². The van der Waals surface area contributed by atoms with Crippen LogP contribution in [0.5, 0.6) is 0 Å². The predicted octanol–water partition coefficient (Wildman–Crippen LogP) is 5.40. The zero-order valence-electron chi connectivity index (χ0n) is 19.7. The molecule has 1 atom stereocenters. The van der Waals surface area contributed by atoms with Gasteiger partial charge in [-0.25, -0.2) is 19.3 Å². The number of hydrogen-bond acceptors (Lipinski definition) is 5. The number of aromatic nitrogens is 4. The molecule has 1 aromatic carbocycles. The minimum Gasteiger partial charge on any atom is -0.378 e. The van der Waals surface area contributed by atoms with Crippen molar-refractivity contribution in [1.29, 1.82) is 0 Å². The average molecular weight is 500 g/mol. The molecule has 188 valence electrons. The molecule has 0 unspecified atom stereocenters. The van der Waals surface area contributed by atoms with Crippen LogP contribution in [0.15, 0.2) is 49.1 Å². The molecule has 2 aliphatic heterocycles. The largest absolute Gasteiger partial charge is 0.416 e. The summed E-state index contributed by atoms with van der Waals surface area (Å²) >= 11 is 0. The van der Waals surface area contributed by atoms with Gasteiger partial charge in [0.2, 0.25) is 5.95 Å². The lowest BCUT2D eigenvalue weighted by Crippen LogP contribution is -2.37. The van der Waals surface area contributed by atoms with Crippen LogP contribution >= 0.6 is 0 Å². The fraction of sp³-hybridized carbons (Fsp3) is 0.346. The highest BCUT2D eigenvalue weighted by molar-refractivity contribution is 5.88. The third-order valence-corrected chi connectivity index (χ3v) is 6.60. The van der Waals surface area contributed by atoms with Gasteiger partial charge < -0.3 is 14.2 Å². The lowest BCUT2D eigenvalue weighted by molar-refractivity contribution is -0.138. The molecule has 0 bridgehead atoms. The van der Waals surface area contributed by atoms with Gasteiger partial charge in [-0.05, 0) is 31.1 Å². The summed E-state index contributed by atoms with van der Waals surface area (Å²) in [5, 5.41) is 0. The van der Waals surface area contributed by atoms with Crippen molar-refractivity contribution < 1.29 is 22.3 Å². The first-order chi connectivity index (χ1) is 17.2. The van der Waals surface area contributed by atoms with Crippen LogP contribution < -0.4 is 4.90 Å². The Balaban J connectivity index is 1.54. The average Bonchev–Trinajstić information content (AvgIpc) is 3.41. The first-order valence-corrected chi connectivity index (χ1v) is 11.7. The third-order valence-electron chi connectivity index (χ3n) is 6.60. The normalized spacial score (nSPS) is 18.4. The van der Waals surface area contributed by atoms with Crippen molar-refractivity contribution in [3.8, 4) is 0 Å². The van der Waals surface area contributed by atoms with E-state index in [1.165, 1.54) is 24.5 Å². The molecule has 2 aromatic heterocycles. The Bertz CT molecular complexity index is 1310. The molecule has 0 spiro atoms. The van der Waals surface area contributed by atoms with E-state index in [1.54, 1.807) is 23.6 Å². The molecule has 3 aromatic rings. The summed E-state index contributed by atoms with van der Waals surface area (Å²) in [5.41, 5.74) is 1.21.